The zero-order valence-corrected chi connectivity index (χ0v) is 8.23. The van der Waals surface area contributed by atoms with E-state index in [0.29, 0.717) is 6.02 Å². The minimum absolute atomic E-state index is 0.456. The van der Waals surface area contributed by atoms with Crippen molar-refractivity contribution in [1.82, 2.24) is 5.06 Å². The number of allylic oxidation sites excluding steroid dienone is 3. The minimum atomic E-state index is 0.456. The molecule has 4 heteroatoms. The number of fused-ring (bicyclic) bond motifs is 1. The number of hydrogen-bond acceptors (Lipinski definition) is 4. The molecule has 74 valence electrons. The Labute approximate surface area is 82.8 Å². The summed E-state index contributed by atoms with van der Waals surface area (Å²) in [5.74, 6) is 0. The van der Waals surface area contributed by atoms with Crippen molar-refractivity contribution in [3.05, 3.63) is 35.7 Å². The van der Waals surface area contributed by atoms with Gasteiger partial charge < -0.3 is 4.74 Å². The summed E-state index contributed by atoms with van der Waals surface area (Å²) < 4.78 is 5.09. The molecule has 0 saturated heterocycles. The van der Waals surface area contributed by atoms with Crippen molar-refractivity contribution in [3.63, 3.8) is 0 Å². The third-order valence-electron chi connectivity index (χ3n) is 2.08. The van der Waals surface area contributed by atoms with Crippen LogP contribution in [-0.2, 0) is 9.57 Å². The van der Waals surface area contributed by atoms with Crippen LogP contribution in [0.4, 0.5) is 0 Å². The van der Waals surface area contributed by atoms with Crippen molar-refractivity contribution in [1.29, 1.82) is 0 Å². The maximum atomic E-state index is 5.09. The molecule has 0 N–H and O–H groups in total. The first-order chi connectivity index (χ1) is 6.85. The lowest BCUT2D eigenvalue weighted by Gasteiger charge is -2.24. The van der Waals surface area contributed by atoms with E-state index in [9.17, 15) is 0 Å². The fourth-order valence-electron chi connectivity index (χ4n) is 1.40. The van der Waals surface area contributed by atoms with Crippen LogP contribution in [-0.4, -0.2) is 25.3 Å². The molecule has 1 aliphatic carbocycles. The van der Waals surface area contributed by atoms with Crippen molar-refractivity contribution < 1.29 is 9.57 Å². The normalized spacial score (nSPS) is 19.6. The van der Waals surface area contributed by atoms with Crippen molar-refractivity contribution in [2.45, 2.75) is 6.42 Å². The van der Waals surface area contributed by atoms with Crippen LogP contribution in [0.1, 0.15) is 6.42 Å². The molecule has 1 heterocycles. The van der Waals surface area contributed by atoms with Gasteiger partial charge in [0.15, 0.2) is 0 Å². The zero-order chi connectivity index (χ0) is 9.97. The summed E-state index contributed by atoms with van der Waals surface area (Å²) in [5.41, 5.74) is 1.98. The summed E-state index contributed by atoms with van der Waals surface area (Å²) in [5, 5.41) is 1.50. The number of hydroxylamine groups is 2. The Bertz CT molecular complexity index is 353. The first kappa shape index (κ1) is 9.02. The smallest absolute Gasteiger partial charge is 0.321 e. The quantitative estimate of drug-likeness (QED) is 0.632. The van der Waals surface area contributed by atoms with Crippen molar-refractivity contribution in [2.75, 3.05) is 14.2 Å². The molecule has 0 bridgehead atoms. The second-order valence-corrected chi connectivity index (χ2v) is 2.92. The van der Waals surface area contributed by atoms with Gasteiger partial charge in [-0.05, 0) is 6.42 Å². The highest BCUT2D eigenvalue weighted by atomic mass is 16.7. The lowest BCUT2D eigenvalue weighted by molar-refractivity contribution is -0.0422. The van der Waals surface area contributed by atoms with Gasteiger partial charge in [-0.1, -0.05) is 18.2 Å². The van der Waals surface area contributed by atoms with Crippen LogP contribution in [0.3, 0.4) is 0 Å². The second kappa shape index (κ2) is 3.67. The van der Waals surface area contributed by atoms with Crippen molar-refractivity contribution >= 4 is 6.02 Å². The predicted octanol–water partition coefficient (Wildman–Crippen LogP) is 1.59. The van der Waals surface area contributed by atoms with Gasteiger partial charge in [0.25, 0.3) is 0 Å². The van der Waals surface area contributed by atoms with Gasteiger partial charge in [0.1, 0.15) is 0 Å². The number of rotatable bonds is 1. The number of aliphatic imine (C=N–C) groups is 1. The molecule has 0 radical (unpaired) electrons. The highest BCUT2D eigenvalue weighted by Crippen LogP contribution is 2.24. The molecule has 0 spiro atoms. The average molecular weight is 192 g/mol. The first-order valence-electron chi connectivity index (χ1n) is 4.40. The van der Waals surface area contributed by atoms with E-state index >= 15 is 0 Å². The van der Waals surface area contributed by atoms with Gasteiger partial charge in [0.05, 0.1) is 19.9 Å². The molecule has 0 atom stereocenters. The fourth-order valence-corrected chi connectivity index (χ4v) is 1.40. The molecule has 2 rings (SSSR count). The van der Waals surface area contributed by atoms with Gasteiger partial charge in [-0.2, -0.15) is 10.1 Å². The van der Waals surface area contributed by atoms with E-state index in [1.165, 1.54) is 5.06 Å². The summed E-state index contributed by atoms with van der Waals surface area (Å²) in [6.07, 6.45) is 8.93. The fraction of sp³-hybridized carbons (Fsp3) is 0.300. The Kier molecular flexibility index (Phi) is 2.37. The minimum Gasteiger partial charge on any atom is -0.466 e. The summed E-state index contributed by atoms with van der Waals surface area (Å²) >= 11 is 0. The Morgan fingerprint density at radius 1 is 1.43 bits per heavy atom. The molecule has 0 aromatic carbocycles. The van der Waals surface area contributed by atoms with Crippen LogP contribution in [0.15, 0.2) is 40.7 Å². The number of hydrogen-bond donors (Lipinski definition) is 0. The number of nitrogens with zero attached hydrogens (tertiary/aromatic N) is 2. The van der Waals surface area contributed by atoms with Crippen LogP contribution in [0, 0.1) is 0 Å². The zero-order valence-electron chi connectivity index (χ0n) is 8.23. The highest BCUT2D eigenvalue weighted by molar-refractivity contribution is 5.78. The van der Waals surface area contributed by atoms with E-state index in [2.05, 4.69) is 17.1 Å². The van der Waals surface area contributed by atoms with Crippen LogP contribution < -0.4 is 0 Å². The number of amidine groups is 1. The van der Waals surface area contributed by atoms with Crippen molar-refractivity contribution in [3.8, 4) is 0 Å². The molecule has 4 nitrogen and oxygen atoms in total. The van der Waals surface area contributed by atoms with E-state index < -0.39 is 0 Å². The monoisotopic (exact) mass is 192 g/mol. The third-order valence-corrected chi connectivity index (χ3v) is 2.08. The van der Waals surface area contributed by atoms with E-state index in [1.54, 1.807) is 14.2 Å². The summed E-state index contributed by atoms with van der Waals surface area (Å²) in [6.45, 7) is 0. The summed E-state index contributed by atoms with van der Waals surface area (Å²) in [4.78, 5) is 9.40. The number of ether oxygens (including phenoxy) is 1. The van der Waals surface area contributed by atoms with E-state index in [-0.39, 0.29) is 0 Å². The summed E-state index contributed by atoms with van der Waals surface area (Å²) in [7, 11) is 3.15. The Morgan fingerprint density at radius 2 is 2.29 bits per heavy atom. The lowest BCUT2D eigenvalue weighted by atomic mass is 10.1. The maximum Gasteiger partial charge on any atom is 0.321 e. The van der Waals surface area contributed by atoms with E-state index in [0.717, 1.165) is 17.7 Å². The molecule has 1 aliphatic heterocycles. The molecule has 2 aliphatic rings. The molecule has 0 unspecified atom stereocenters. The van der Waals surface area contributed by atoms with Gasteiger partial charge >= 0.3 is 6.02 Å². The molecule has 14 heavy (non-hydrogen) atoms. The Hall–Kier alpha value is -1.55. The first-order valence-corrected chi connectivity index (χ1v) is 4.40. The maximum absolute atomic E-state index is 5.09. The molecule has 0 fully saturated rings. The standard InChI is InChI=1S/C10H12N2O2/c1-13-10-11-9-6-4-3-5-8(9)7-12(10)14-2/h3,5-7H,4H2,1-2H3. The van der Waals surface area contributed by atoms with Gasteiger partial charge in [0.2, 0.25) is 0 Å². The molecule has 0 aromatic rings. The van der Waals surface area contributed by atoms with Crippen LogP contribution in [0.25, 0.3) is 0 Å². The van der Waals surface area contributed by atoms with Gasteiger partial charge in [-0.15, -0.1) is 0 Å². The van der Waals surface area contributed by atoms with Crippen LogP contribution in [0.5, 0.6) is 0 Å². The van der Waals surface area contributed by atoms with Gasteiger partial charge in [-0.3, -0.25) is 4.84 Å². The lowest BCUT2D eigenvalue weighted by Crippen LogP contribution is -2.29. The Balaban J connectivity index is 2.33. The molecule has 0 saturated carbocycles. The topological polar surface area (TPSA) is 34.1 Å². The van der Waals surface area contributed by atoms with Crippen LogP contribution in [0.2, 0.25) is 0 Å². The van der Waals surface area contributed by atoms with E-state index in [1.807, 2.05) is 12.3 Å². The van der Waals surface area contributed by atoms with Crippen molar-refractivity contribution in [2.24, 2.45) is 4.99 Å². The predicted molar refractivity (Wildman–Crippen MR) is 53.2 cm³/mol. The highest BCUT2D eigenvalue weighted by Gasteiger charge is 2.19. The molecule has 0 aromatic heterocycles. The molecular weight excluding hydrogens is 180 g/mol. The number of methoxy groups -OCH3 is 1. The average Bonchev–Trinajstić information content (AvgIpc) is 2.27. The largest absolute Gasteiger partial charge is 0.466 e. The van der Waals surface area contributed by atoms with Gasteiger partial charge in [0, 0.05) is 11.8 Å². The van der Waals surface area contributed by atoms with E-state index in [4.69, 9.17) is 9.57 Å². The Morgan fingerprint density at radius 3 is 3.00 bits per heavy atom. The summed E-state index contributed by atoms with van der Waals surface area (Å²) in [6, 6.07) is 0.456. The SMILES string of the molecule is COC1=NC2=CCC=CC2=CN1OC. The molecule has 0 amide bonds. The van der Waals surface area contributed by atoms with Crippen LogP contribution >= 0.6 is 0 Å². The molecular formula is C10H12N2O2. The third kappa shape index (κ3) is 1.44. The second-order valence-electron chi connectivity index (χ2n) is 2.92. The van der Waals surface area contributed by atoms with Gasteiger partial charge in [-0.25, -0.2) is 0 Å².